The highest BCUT2D eigenvalue weighted by atomic mass is 32.1. The molecule has 0 radical (unpaired) electrons. The van der Waals surface area contributed by atoms with E-state index in [0.717, 1.165) is 9.84 Å². The second-order valence-corrected chi connectivity index (χ2v) is 6.91. The van der Waals surface area contributed by atoms with Gasteiger partial charge in [-0.2, -0.15) is 0 Å². The molecule has 0 spiro atoms. The average molecular weight is 341 g/mol. The van der Waals surface area contributed by atoms with Crippen molar-refractivity contribution in [3.05, 3.63) is 46.2 Å². The van der Waals surface area contributed by atoms with Crippen LogP contribution in [-0.4, -0.2) is 27.7 Å². The van der Waals surface area contributed by atoms with E-state index in [0.29, 0.717) is 41.4 Å². The Morgan fingerprint density at radius 3 is 3.04 bits per heavy atom. The number of hydrogen-bond acceptors (Lipinski definition) is 5. The molecule has 4 rings (SSSR count). The van der Waals surface area contributed by atoms with E-state index in [1.54, 1.807) is 22.6 Å². The summed E-state index contributed by atoms with van der Waals surface area (Å²) in [6.45, 7) is 4.12. The van der Waals surface area contributed by atoms with Crippen LogP contribution in [0, 0.1) is 13.8 Å². The van der Waals surface area contributed by atoms with Gasteiger partial charge in [-0.25, -0.2) is 4.98 Å². The summed E-state index contributed by atoms with van der Waals surface area (Å²) < 4.78 is 7.41. The molecule has 0 bridgehead atoms. The Morgan fingerprint density at radius 2 is 2.21 bits per heavy atom. The summed E-state index contributed by atoms with van der Waals surface area (Å²) in [5.41, 5.74) is 2.18. The number of nitrogens with one attached hydrogen (secondary N) is 1. The number of aromatic nitrogens is 2. The Labute approximate surface area is 142 Å². The molecule has 24 heavy (non-hydrogen) atoms. The highest BCUT2D eigenvalue weighted by molar-refractivity contribution is 7.17. The van der Waals surface area contributed by atoms with E-state index in [2.05, 4.69) is 10.3 Å². The lowest BCUT2D eigenvalue weighted by atomic mass is 10.0. The summed E-state index contributed by atoms with van der Waals surface area (Å²) in [6, 6.07) is 5.20. The fraction of sp³-hybridized carbons (Fsp3) is 0.235. The van der Waals surface area contributed by atoms with Gasteiger partial charge in [0.25, 0.3) is 5.91 Å². The number of rotatable bonds is 2. The quantitative estimate of drug-likeness (QED) is 0.777. The van der Waals surface area contributed by atoms with E-state index in [4.69, 9.17) is 4.74 Å². The molecule has 0 aliphatic carbocycles. The third-order valence-corrected chi connectivity index (χ3v) is 4.87. The molecule has 122 valence electrons. The molecule has 1 aromatic carbocycles. The average Bonchev–Trinajstić information content (AvgIpc) is 3.02. The smallest absolute Gasteiger partial charge is 0.274 e. The SMILES string of the molecule is Cc1cn2c(C(=O)Nc3cccc4c3OCCC4=O)c(C)nc2s1. The molecule has 1 aliphatic heterocycles. The summed E-state index contributed by atoms with van der Waals surface area (Å²) in [7, 11) is 0. The molecule has 1 amide bonds. The van der Waals surface area contributed by atoms with Crippen LogP contribution in [0.4, 0.5) is 5.69 Å². The van der Waals surface area contributed by atoms with Crippen molar-refractivity contribution in [2.24, 2.45) is 0 Å². The second kappa shape index (κ2) is 5.45. The molecule has 7 heteroatoms. The predicted octanol–water partition coefficient (Wildman–Crippen LogP) is 3.23. The summed E-state index contributed by atoms with van der Waals surface area (Å²) in [4.78, 5) is 31.1. The summed E-state index contributed by atoms with van der Waals surface area (Å²) in [5.74, 6) is 0.207. The Bertz CT molecular complexity index is 987. The number of hydrogen-bond donors (Lipinski definition) is 1. The molecule has 0 atom stereocenters. The lowest BCUT2D eigenvalue weighted by Gasteiger charge is -2.19. The molecular formula is C17H15N3O3S. The molecule has 2 aromatic heterocycles. The van der Waals surface area contributed by atoms with Crippen molar-refractivity contribution in [1.82, 2.24) is 9.38 Å². The van der Waals surface area contributed by atoms with Gasteiger partial charge < -0.3 is 10.1 Å². The van der Waals surface area contributed by atoms with Gasteiger partial charge in [0.05, 0.1) is 23.6 Å². The van der Waals surface area contributed by atoms with E-state index in [9.17, 15) is 9.59 Å². The summed E-state index contributed by atoms with van der Waals surface area (Å²) in [6.07, 6.45) is 2.26. The lowest BCUT2D eigenvalue weighted by Crippen LogP contribution is -2.20. The summed E-state index contributed by atoms with van der Waals surface area (Å²) in [5, 5.41) is 2.86. The maximum absolute atomic E-state index is 12.8. The maximum atomic E-state index is 12.8. The number of carbonyl (C=O) groups is 2. The zero-order valence-electron chi connectivity index (χ0n) is 13.3. The first-order chi connectivity index (χ1) is 11.5. The van der Waals surface area contributed by atoms with Crippen molar-refractivity contribution in [1.29, 1.82) is 0 Å². The number of fused-ring (bicyclic) bond motifs is 2. The van der Waals surface area contributed by atoms with Gasteiger partial charge in [0.1, 0.15) is 5.69 Å². The Hall–Kier alpha value is -2.67. The molecular weight excluding hydrogens is 326 g/mol. The topological polar surface area (TPSA) is 72.7 Å². The fourth-order valence-electron chi connectivity index (χ4n) is 2.91. The van der Waals surface area contributed by atoms with E-state index >= 15 is 0 Å². The highest BCUT2D eigenvalue weighted by Crippen LogP contribution is 2.33. The molecule has 0 fully saturated rings. The highest BCUT2D eigenvalue weighted by Gasteiger charge is 2.24. The number of Topliss-reactive ketones (excluding diaryl/α,β-unsaturated/α-hetero) is 1. The zero-order chi connectivity index (χ0) is 16.8. The van der Waals surface area contributed by atoms with Crippen molar-refractivity contribution in [2.75, 3.05) is 11.9 Å². The molecule has 0 saturated heterocycles. The number of thiazole rings is 1. The van der Waals surface area contributed by atoms with Crippen LogP contribution >= 0.6 is 11.3 Å². The maximum Gasteiger partial charge on any atom is 0.274 e. The van der Waals surface area contributed by atoms with E-state index in [1.165, 1.54) is 11.3 Å². The largest absolute Gasteiger partial charge is 0.490 e. The molecule has 6 nitrogen and oxygen atoms in total. The van der Waals surface area contributed by atoms with Gasteiger partial charge in [-0.15, -0.1) is 11.3 Å². The minimum Gasteiger partial charge on any atom is -0.490 e. The van der Waals surface area contributed by atoms with Gasteiger partial charge in [0.2, 0.25) is 0 Å². The van der Waals surface area contributed by atoms with Gasteiger partial charge in [-0.05, 0) is 26.0 Å². The number of benzene rings is 1. The normalized spacial score (nSPS) is 13.7. The fourth-order valence-corrected chi connectivity index (χ4v) is 3.78. The first kappa shape index (κ1) is 14.9. The number of aryl methyl sites for hydroxylation is 2. The lowest BCUT2D eigenvalue weighted by molar-refractivity contribution is 0.0931. The number of ketones is 1. The molecule has 0 saturated carbocycles. The number of anilines is 1. The third kappa shape index (κ3) is 2.28. The van der Waals surface area contributed by atoms with Crippen LogP contribution in [0.1, 0.15) is 37.8 Å². The van der Waals surface area contributed by atoms with E-state index in [-0.39, 0.29) is 11.7 Å². The first-order valence-corrected chi connectivity index (χ1v) is 8.41. The van der Waals surface area contributed by atoms with Crippen LogP contribution < -0.4 is 10.1 Å². The summed E-state index contributed by atoms with van der Waals surface area (Å²) >= 11 is 1.54. The number of ether oxygens (including phenoxy) is 1. The molecule has 1 aliphatic rings. The minimum absolute atomic E-state index is 0.0312. The van der Waals surface area contributed by atoms with Gasteiger partial charge in [0.15, 0.2) is 16.5 Å². The number of carbonyl (C=O) groups excluding carboxylic acids is 2. The Morgan fingerprint density at radius 1 is 1.38 bits per heavy atom. The Kier molecular flexibility index (Phi) is 3.38. The van der Waals surface area contributed by atoms with Gasteiger partial charge in [-0.3, -0.25) is 14.0 Å². The Balaban J connectivity index is 1.73. The van der Waals surface area contributed by atoms with Crippen molar-refractivity contribution >= 4 is 33.7 Å². The van der Waals surface area contributed by atoms with E-state index in [1.807, 2.05) is 20.0 Å². The van der Waals surface area contributed by atoms with Crippen LogP contribution in [-0.2, 0) is 0 Å². The molecule has 3 aromatic rings. The second-order valence-electron chi connectivity index (χ2n) is 5.70. The van der Waals surface area contributed by atoms with Gasteiger partial charge in [0, 0.05) is 17.5 Å². The van der Waals surface area contributed by atoms with E-state index < -0.39 is 0 Å². The zero-order valence-corrected chi connectivity index (χ0v) is 14.1. The van der Waals surface area contributed by atoms with Gasteiger partial charge in [-0.1, -0.05) is 6.07 Å². The number of imidazole rings is 1. The monoisotopic (exact) mass is 341 g/mol. The van der Waals surface area contributed by atoms with Crippen molar-refractivity contribution in [2.45, 2.75) is 20.3 Å². The van der Waals surface area contributed by atoms with Crippen molar-refractivity contribution in [3.8, 4) is 5.75 Å². The third-order valence-electron chi connectivity index (χ3n) is 3.97. The minimum atomic E-state index is -0.271. The van der Waals surface area contributed by atoms with Crippen LogP contribution in [0.25, 0.3) is 4.96 Å². The number of amides is 1. The van der Waals surface area contributed by atoms with Crippen LogP contribution in [0.3, 0.4) is 0 Å². The predicted molar refractivity (Wildman–Crippen MR) is 91.4 cm³/mol. The van der Waals surface area contributed by atoms with Crippen molar-refractivity contribution < 1.29 is 14.3 Å². The van der Waals surface area contributed by atoms with Gasteiger partial charge >= 0.3 is 0 Å². The molecule has 0 unspecified atom stereocenters. The number of nitrogens with zero attached hydrogens (tertiary/aromatic N) is 2. The van der Waals surface area contributed by atoms with Crippen LogP contribution in [0.5, 0.6) is 5.75 Å². The van der Waals surface area contributed by atoms with Crippen LogP contribution in [0.2, 0.25) is 0 Å². The van der Waals surface area contributed by atoms with Crippen LogP contribution in [0.15, 0.2) is 24.4 Å². The first-order valence-electron chi connectivity index (χ1n) is 7.60. The molecule has 3 heterocycles. The van der Waals surface area contributed by atoms with Crippen molar-refractivity contribution in [3.63, 3.8) is 0 Å². The standard InChI is InChI=1S/C17H15N3O3S/c1-9-8-20-14(10(2)18-17(20)24-9)16(22)19-12-5-3-4-11-13(21)6-7-23-15(11)12/h3-5,8H,6-7H2,1-2H3,(H,19,22). The number of para-hydroxylation sites is 1. The molecule has 1 N–H and O–H groups in total.